The van der Waals surface area contributed by atoms with Crippen molar-refractivity contribution < 1.29 is 4.79 Å². The van der Waals surface area contributed by atoms with E-state index in [1.165, 1.54) is 17.3 Å². The number of benzene rings is 2. The zero-order valence-electron chi connectivity index (χ0n) is 16.6. The molecule has 0 atom stereocenters. The van der Waals surface area contributed by atoms with E-state index in [2.05, 4.69) is 52.1 Å². The predicted octanol–water partition coefficient (Wildman–Crippen LogP) is 4.58. The van der Waals surface area contributed by atoms with Gasteiger partial charge in [-0.2, -0.15) is 0 Å². The number of thioether (sulfide) groups is 1. The smallest absolute Gasteiger partial charge is 0.234 e. The minimum Gasteiger partial charge on any atom is -0.325 e. The SMILES string of the molecule is Cc1ccc(C)c(NC(=O)CSc2nnc3n2C(C)(C)Cc2ccccc2-3)c1. The highest BCUT2D eigenvalue weighted by Crippen LogP contribution is 2.39. The van der Waals surface area contributed by atoms with E-state index in [-0.39, 0.29) is 11.4 Å². The minimum atomic E-state index is -0.140. The number of carbonyl (C=O) groups is 1. The van der Waals surface area contributed by atoms with Crippen molar-refractivity contribution in [2.45, 2.75) is 44.8 Å². The molecule has 4 rings (SSSR count). The van der Waals surface area contributed by atoms with Crippen molar-refractivity contribution in [2.75, 3.05) is 11.1 Å². The second-order valence-electron chi connectivity index (χ2n) is 7.94. The number of hydrogen-bond acceptors (Lipinski definition) is 4. The van der Waals surface area contributed by atoms with Gasteiger partial charge in [0.05, 0.1) is 5.75 Å². The van der Waals surface area contributed by atoms with Crippen LogP contribution in [0.25, 0.3) is 11.4 Å². The summed E-state index contributed by atoms with van der Waals surface area (Å²) in [6.45, 7) is 8.40. The Balaban J connectivity index is 1.54. The first kappa shape index (κ1) is 18.7. The van der Waals surface area contributed by atoms with E-state index in [9.17, 15) is 4.79 Å². The number of nitrogens with zero attached hydrogens (tertiary/aromatic N) is 3. The first-order valence-corrected chi connectivity index (χ1v) is 10.4. The number of amides is 1. The number of aryl methyl sites for hydroxylation is 2. The Bertz CT molecular complexity index is 1050. The third-order valence-electron chi connectivity index (χ3n) is 5.12. The van der Waals surface area contributed by atoms with E-state index < -0.39 is 0 Å². The van der Waals surface area contributed by atoms with Crippen molar-refractivity contribution in [2.24, 2.45) is 0 Å². The van der Waals surface area contributed by atoms with Crippen molar-refractivity contribution in [3.05, 3.63) is 59.2 Å². The Kier molecular flexibility index (Phi) is 4.75. The highest BCUT2D eigenvalue weighted by molar-refractivity contribution is 7.99. The molecule has 144 valence electrons. The average molecular weight is 393 g/mol. The van der Waals surface area contributed by atoms with Crippen LogP contribution in [0.5, 0.6) is 0 Å². The first-order chi connectivity index (χ1) is 13.3. The quantitative estimate of drug-likeness (QED) is 0.660. The maximum absolute atomic E-state index is 12.5. The molecular weight excluding hydrogens is 368 g/mol. The van der Waals surface area contributed by atoms with Gasteiger partial charge in [-0.25, -0.2) is 0 Å². The van der Waals surface area contributed by atoms with Crippen LogP contribution in [0, 0.1) is 13.8 Å². The molecule has 0 unspecified atom stereocenters. The lowest BCUT2D eigenvalue weighted by Gasteiger charge is -2.34. The maximum atomic E-state index is 12.5. The Labute approximate surface area is 169 Å². The molecule has 5 nitrogen and oxygen atoms in total. The van der Waals surface area contributed by atoms with E-state index >= 15 is 0 Å². The molecule has 0 radical (unpaired) electrons. The second-order valence-corrected chi connectivity index (χ2v) is 8.89. The van der Waals surface area contributed by atoms with Crippen LogP contribution in [0.1, 0.15) is 30.5 Å². The highest BCUT2D eigenvalue weighted by Gasteiger charge is 2.34. The summed E-state index contributed by atoms with van der Waals surface area (Å²) in [5.41, 5.74) is 5.32. The van der Waals surface area contributed by atoms with E-state index in [1.54, 1.807) is 0 Å². The number of nitrogens with one attached hydrogen (secondary N) is 1. The van der Waals surface area contributed by atoms with Crippen LogP contribution < -0.4 is 5.32 Å². The normalized spacial score (nSPS) is 14.3. The number of hydrogen-bond donors (Lipinski definition) is 1. The van der Waals surface area contributed by atoms with Crippen LogP contribution in [0.2, 0.25) is 0 Å². The van der Waals surface area contributed by atoms with Gasteiger partial charge < -0.3 is 5.32 Å². The van der Waals surface area contributed by atoms with Crippen molar-refractivity contribution >= 4 is 23.4 Å². The van der Waals surface area contributed by atoms with Gasteiger partial charge in [-0.15, -0.1) is 10.2 Å². The molecule has 6 heteroatoms. The highest BCUT2D eigenvalue weighted by atomic mass is 32.2. The molecule has 28 heavy (non-hydrogen) atoms. The van der Waals surface area contributed by atoms with Crippen LogP contribution in [0.15, 0.2) is 47.6 Å². The van der Waals surface area contributed by atoms with Crippen LogP contribution in [-0.4, -0.2) is 26.4 Å². The van der Waals surface area contributed by atoms with Gasteiger partial charge in [-0.3, -0.25) is 9.36 Å². The fraction of sp³-hybridized carbons (Fsp3) is 0.318. The standard InChI is InChI=1S/C22H24N4OS/c1-14-9-10-15(2)18(11-14)23-19(27)13-28-21-25-24-20-17-8-6-5-7-16(17)12-22(3,4)26(20)21/h5-11H,12-13H2,1-4H3,(H,23,27). The fourth-order valence-corrected chi connectivity index (χ4v) is 4.60. The van der Waals surface area contributed by atoms with Crippen LogP contribution in [0.3, 0.4) is 0 Å². The van der Waals surface area contributed by atoms with E-state index in [0.29, 0.717) is 5.75 Å². The number of rotatable bonds is 4. The first-order valence-electron chi connectivity index (χ1n) is 9.39. The molecule has 1 aromatic heterocycles. The fourth-order valence-electron chi connectivity index (χ4n) is 3.71. The summed E-state index contributed by atoms with van der Waals surface area (Å²) >= 11 is 1.43. The van der Waals surface area contributed by atoms with Crippen molar-refractivity contribution in [3.8, 4) is 11.4 Å². The molecule has 0 fully saturated rings. The number of carbonyl (C=O) groups excluding carboxylic acids is 1. The number of aromatic nitrogens is 3. The third-order valence-corrected chi connectivity index (χ3v) is 6.05. The average Bonchev–Trinajstić information content (AvgIpc) is 3.08. The Morgan fingerprint density at radius 2 is 1.96 bits per heavy atom. The number of anilines is 1. The van der Waals surface area contributed by atoms with Gasteiger partial charge in [-0.1, -0.05) is 48.2 Å². The third kappa shape index (κ3) is 3.44. The zero-order valence-corrected chi connectivity index (χ0v) is 17.4. The summed E-state index contributed by atoms with van der Waals surface area (Å²) in [6, 6.07) is 14.4. The molecule has 0 saturated carbocycles. The summed E-state index contributed by atoms with van der Waals surface area (Å²) < 4.78 is 2.17. The van der Waals surface area contributed by atoms with Crippen molar-refractivity contribution in [1.82, 2.24) is 14.8 Å². The monoisotopic (exact) mass is 392 g/mol. The van der Waals surface area contributed by atoms with Gasteiger partial charge in [0.15, 0.2) is 11.0 Å². The largest absolute Gasteiger partial charge is 0.325 e. The molecule has 3 aromatic rings. The van der Waals surface area contributed by atoms with Crippen LogP contribution in [-0.2, 0) is 16.8 Å². The summed E-state index contributed by atoms with van der Waals surface area (Å²) in [5.74, 6) is 1.14. The van der Waals surface area contributed by atoms with E-state index in [1.807, 2.05) is 38.1 Å². The van der Waals surface area contributed by atoms with Gasteiger partial charge in [0.25, 0.3) is 0 Å². The topological polar surface area (TPSA) is 59.8 Å². The van der Waals surface area contributed by atoms with E-state index in [0.717, 1.165) is 39.8 Å². The summed E-state index contributed by atoms with van der Waals surface area (Å²) in [4.78, 5) is 12.5. The molecule has 0 aliphatic carbocycles. The molecule has 1 N–H and O–H groups in total. The lowest BCUT2D eigenvalue weighted by molar-refractivity contribution is -0.113. The van der Waals surface area contributed by atoms with Crippen LogP contribution >= 0.6 is 11.8 Å². The van der Waals surface area contributed by atoms with Gasteiger partial charge in [-0.05, 0) is 56.9 Å². The summed E-state index contributed by atoms with van der Waals surface area (Å²) in [7, 11) is 0. The van der Waals surface area contributed by atoms with Crippen molar-refractivity contribution in [3.63, 3.8) is 0 Å². The van der Waals surface area contributed by atoms with Crippen molar-refractivity contribution in [1.29, 1.82) is 0 Å². The maximum Gasteiger partial charge on any atom is 0.234 e. The Hall–Kier alpha value is -2.60. The van der Waals surface area contributed by atoms with Gasteiger partial charge in [0.1, 0.15) is 0 Å². The van der Waals surface area contributed by atoms with Gasteiger partial charge in [0, 0.05) is 16.8 Å². The lowest BCUT2D eigenvalue weighted by atomic mass is 9.87. The lowest BCUT2D eigenvalue weighted by Crippen LogP contribution is -2.33. The zero-order chi connectivity index (χ0) is 19.9. The molecule has 0 bridgehead atoms. The predicted molar refractivity (Wildman–Crippen MR) is 114 cm³/mol. The van der Waals surface area contributed by atoms with E-state index in [4.69, 9.17) is 0 Å². The van der Waals surface area contributed by atoms with Crippen LogP contribution in [0.4, 0.5) is 5.69 Å². The molecule has 2 heterocycles. The summed E-state index contributed by atoms with van der Waals surface area (Å²) in [5, 5.41) is 12.6. The molecule has 1 amide bonds. The molecule has 0 spiro atoms. The second kappa shape index (κ2) is 7.09. The van der Waals surface area contributed by atoms with Gasteiger partial charge >= 0.3 is 0 Å². The Morgan fingerprint density at radius 1 is 1.18 bits per heavy atom. The molecule has 0 saturated heterocycles. The molecular formula is C22H24N4OS. The van der Waals surface area contributed by atoms with Gasteiger partial charge in [0.2, 0.25) is 5.91 Å². The summed E-state index contributed by atoms with van der Waals surface area (Å²) in [6.07, 6.45) is 0.913. The molecule has 1 aliphatic rings. The Morgan fingerprint density at radius 3 is 2.79 bits per heavy atom. The minimum absolute atomic E-state index is 0.0370. The molecule has 2 aromatic carbocycles. The molecule has 1 aliphatic heterocycles. The number of fused-ring (bicyclic) bond motifs is 3.